The molecule has 1 heterocycles. The second-order valence-electron chi connectivity index (χ2n) is 4.16. The fraction of sp³-hybridized carbons (Fsp3) is 1.00. The third-order valence-corrected chi connectivity index (χ3v) is 4.30. The molecule has 5 nitrogen and oxygen atoms in total. The second-order valence-corrected chi connectivity index (χ2v) is 5.86. The van der Waals surface area contributed by atoms with Crippen molar-refractivity contribution >= 4 is 10.2 Å². The zero-order valence-corrected chi connectivity index (χ0v) is 8.96. The van der Waals surface area contributed by atoms with Gasteiger partial charge in [-0.1, -0.05) is 0 Å². The Kier molecular flexibility index (Phi) is 2.79. The van der Waals surface area contributed by atoms with Gasteiger partial charge in [-0.2, -0.15) is 17.4 Å². The molecule has 1 aliphatic carbocycles. The topological polar surface area (TPSA) is 75.4 Å². The Labute approximate surface area is 84.8 Å². The number of hydrogen-bond donors (Lipinski definition) is 2. The minimum atomic E-state index is -3.25. The van der Waals surface area contributed by atoms with E-state index in [0.29, 0.717) is 13.1 Å². The van der Waals surface area contributed by atoms with Crippen LogP contribution in [0.4, 0.5) is 0 Å². The van der Waals surface area contributed by atoms with Gasteiger partial charge in [-0.05, 0) is 25.7 Å². The van der Waals surface area contributed by atoms with Crippen molar-refractivity contribution in [3.8, 4) is 0 Å². The highest BCUT2D eigenvalue weighted by atomic mass is 32.2. The van der Waals surface area contributed by atoms with E-state index in [-0.39, 0.29) is 12.1 Å². The van der Waals surface area contributed by atoms with Crippen LogP contribution in [0.25, 0.3) is 0 Å². The van der Waals surface area contributed by atoms with Crippen molar-refractivity contribution in [2.45, 2.75) is 37.8 Å². The van der Waals surface area contributed by atoms with Gasteiger partial charge in [0.05, 0.1) is 0 Å². The summed E-state index contributed by atoms with van der Waals surface area (Å²) in [7, 11) is -3.25. The van der Waals surface area contributed by atoms with Crippen LogP contribution in [-0.4, -0.2) is 37.9 Å². The van der Waals surface area contributed by atoms with E-state index in [2.05, 4.69) is 4.72 Å². The number of nitrogens with zero attached hydrogens (tertiary/aromatic N) is 1. The molecule has 2 aliphatic rings. The predicted octanol–water partition coefficient (Wildman–Crippen LogP) is -0.594. The quantitative estimate of drug-likeness (QED) is 0.666. The van der Waals surface area contributed by atoms with E-state index in [1.54, 1.807) is 0 Å². The Bertz CT molecular complexity index is 300. The Hall–Kier alpha value is -0.170. The van der Waals surface area contributed by atoms with Crippen LogP contribution in [0.1, 0.15) is 25.7 Å². The molecule has 1 aliphatic heterocycles. The Morgan fingerprint density at radius 2 is 2.00 bits per heavy atom. The molecule has 0 aromatic heterocycles. The molecule has 6 heteroatoms. The second kappa shape index (κ2) is 3.77. The lowest BCUT2D eigenvalue weighted by atomic mass is 10.1. The van der Waals surface area contributed by atoms with Crippen molar-refractivity contribution in [2.75, 3.05) is 13.1 Å². The van der Waals surface area contributed by atoms with Gasteiger partial charge in [-0.25, -0.2) is 0 Å². The molecule has 1 saturated carbocycles. The van der Waals surface area contributed by atoms with Gasteiger partial charge in [0.2, 0.25) is 0 Å². The summed E-state index contributed by atoms with van der Waals surface area (Å²) < 4.78 is 27.6. The zero-order chi connectivity index (χ0) is 10.2. The molecule has 2 rings (SSSR count). The fourth-order valence-corrected chi connectivity index (χ4v) is 3.24. The first-order valence-electron chi connectivity index (χ1n) is 5.11. The summed E-state index contributed by atoms with van der Waals surface area (Å²) in [6, 6.07) is 0.178. The largest absolute Gasteiger partial charge is 0.327 e. The highest BCUT2D eigenvalue weighted by molar-refractivity contribution is 7.87. The van der Waals surface area contributed by atoms with E-state index in [1.165, 1.54) is 4.31 Å². The number of piperidine rings is 1. The fourth-order valence-electron chi connectivity index (χ4n) is 1.68. The highest BCUT2D eigenvalue weighted by Crippen LogP contribution is 2.21. The molecule has 0 unspecified atom stereocenters. The highest BCUT2D eigenvalue weighted by Gasteiger charge is 2.32. The summed E-state index contributed by atoms with van der Waals surface area (Å²) in [5.41, 5.74) is 5.73. The van der Waals surface area contributed by atoms with Crippen molar-refractivity contribution in [1.82, 2.24) is 9.03 Å². The summed E-state index contributed by atoms with van der Waals surface area (Å²) in [4.78, 5) is 0. The van der Waals surface area contributed by atoms with Gasteiger partial charge in [0.15, 0.2) is 0 Å². The van der Waals surface area contributed by atoms with Crippen LogP contribution in [0.15, 0.2) is 0 Å². The van der Waals surface area contributed by atoms with E-state index in [0.717, 1.165) is 25.7 Å². The molecule has 0 aromatic rings. The lowest BCUT2D eigenvalue weighted by Gasteiger charge is -2.29. The van der Waals surface area contributed by atoms with Crippen molar-refractivity contribution in [3.05, 3.63) is 0 Å². The summed E-state index contributed by atoms with van der Waals surface area (Å²) in [5.74, 6) is 0. The normalized spacial score (nSPS) is 30.5. The van der Waals surface area contributed by atoms with E-state index >= 15 is 0 Å². The van der Waals surface area contributed by atoms with Gasteiger partial charge in [0.25, 0.3) is 10.2 Å². The molecule has 82 valence electrons. The predicted molar refractivity (Wildman–Crippen MR) is 53.9 cm³/mol. The van der Waals surface area contributed by atoms with Gasteiger partial charge in [-0.3, -0.25) is 0 Å². The Morgan fingerprint density at radius 1 is 1.29 bits per heavy atom. The molecule has 1 saturated heterocycles. The van der Waals surface area contributed by atoms with Crippen molar-refractivity contribution in [3.63, 3.8) is 0 Å². The SMILES string of the molecule is N[C@@H]1CCCN(S(=O)(=O)NC2CC2)C1. The number of rotatable bonds is 3. The average Bonchev–Trinajstić information content (AvgIpc) is 2.87. The molecule has 0 bridgehead atoms. The zero-order valence-electron chi connectivity index (χ0n) is 8.15. The number of nitrogens with two attached hydrogens (primary N) is 1. The molecular formula is C8H17N3O2S. The van der Waals surface area contributed by atoms with E-state index < -0.39 is 10.2 Å². The third kappa shape index (κ3) is 2.44. The van der Waals surface area contributed by atoms with Crippen molar-refractivity contribution in [2.24, 2.45) is 5.73 Å². The summed E-state index contributed by atoms with van der Waals surface area (Å²) >= 11 is 0. The maximum absolute atomic E-state index is 11.7. The van der Waals surface area contributed by atoms with Crippen LogP contribution in [0.3, 0.4) is 0 Å². The van der Waals surface area contributed by atoms with Crippen molar-refractivity contribution < 1.29 is 8.42 Å². The van der Waals surface area contributed by atoms with Crippen LogP contribution < -0.4 is 10.5 Å². The van der Waals surface area contributed by atoms with Gasteiger partial charge in [0.1, 0.15) is 0 Å². The van der Waals surface area contributed by atoms with E-state index in [1.807, 2.05) is 0 Å². The van der Waals surface area contributed by atoms with Gasteiger partial charge >= 0.3 is 0 Å². The smallest absolute Gasteiger partial charge is 0.279 e. The number of nitrogens with one attached hydrogen (secondary N) is 1. The molecule has 0 amide bonds. The van der Waals surface area contributed by atoms with Crippen LogP contribution in [-0.2, 0) is 10.2 Å². The molecule has 0 aromatic carbocycles. The number of hydrogen-bond acceptors (Lipinski definition) is 3. The summed E-state index contributed by atoms with van der Waals surface area (Å²) in [6.45, 7) is 1.07. The van der Waals surface area contributed by atoms with Crippen LogP contribution >= 0.6 is 0 Å². The monoisotopic (exact) mass is 219 g/mol. The minimum absolute atomic E-state index is 0.000437. The molecule has 2 fully saturated rings. The standard InChI is InChI=1S/C8H17N3O2S/c9-7-2-1-5-11(6-7)14(12,13)10-8-3-4-8/h7-8,10H,1-6,9H2/t7-/m1/s1. The first kappa shape index (κ1) is 10.4. The lowest BCUT2D eigenvalue weighted by molar-refractivity contribution is 0.312. The molecular weight excluding hydrogens is 202 g/mol. The van der Waals surface area contributed by atoms with Crippen LogP contribution in [0.2, 0.25) is 0 Å². The first-order valence-corrected chi connectivity index (χ1v) is 6.55. The van der Waals surface area contributed by atoms with Crippen molar-refractivity contribution in [1.29, 1.82) is 0 Å². The molecule has 1 atom stereocenters. The van der Waals surface area contributed by atoms with Crippen LogP contribution in [0.5, 0.6) is 0 Å². The maximum Gasteiger partial charge on any atom is 0.279 e. The minimum Gasteiger partial charge on any atom is -0.327 e. The Balaban J connectivity index is 1.97. The van der Waals surface area contributed by atoms with Gasteiger partial charge < -0.3 is 5.73 Å². The lowest BCUT2D eigenvalue weighted by Crippen LogP contribution is -2.50. The molecule has 3 N–H and O–H groups in total. The summed E-state index contributed by atoms with van der Waals surface area (Å²) in [6.07, 6.45) is 3.74. The van der Waals surface area contributed by atoms with E-state index in [4.69, 9.17) is 5.73 Å². The van der Waals surface area contributed by atoms with E-state index in [9.17, 15) is 8.42 Å². The molecule has 14 heavy (non-hydrogen) atoms. The first-order chi connectivity index (χ1) is 6.58. The van der Waals surface area contributed by atoms with Gasteiger partial charge in [-0.15, -0.1) is 0 Å². The average molecular weight is 219 g/mol. The van der Waals surface area contributed by atoms with Crippen LogP contribution in [0, 0.1) is 0 Å². The molecule has 0 spiro atoms. The molecule has 0 radical (unpaired) electrons. The van der Waals surface area contributed by atoms with Gasteiger partial charge in [0, 0.05) is 25.2 Å². The Morgan fingerprint density at radius 3 is 2.57 bits per heavy atom. The third-order valence-electron chi connectivity index (χ3n) is 2.65. The maximum atomic E-state index is 11.7. The summed E-state index contributed by atoms with van der Waals surface area (Å²) in [5, 5.41) is 0.